The molecule has 3 aromatic rings. The number of aromatic amines is 1. The molecule has 1 aromatic carbocycles. The van der Waals surface area contributed by atoms with Gasteiger partial charge in [-0.15, -0.1) is 0 Å². The van der Waals surface area contributed by atoms with Crippen molar-refractivity contribution in [1.29, 1.82) is 0 Å². The molecule has 0 spiro atoms. The molecule has 3 heterocycles. The van der Waals surface area contributed by atoms with Crippen LogP contribution in [0.1, 0.15) is 54.2 Å². The van der Waals surface area contributed by atoms with Gasteiger partial charge in [0.1, 0.15) is 11.9 Å². The summed E-state index contributed by atoms with van der Waals surface area (Å²) in [6.07, 6.45) is -5.38. The van der Waals surface area contributed by atoms with E-state index in [1.165, 1.54) is 18.7 Å². The fraction of sp³-hybridized carbons (Fsp3) is 0.417. The van der Waals surface area contributed by atoms with E-state index < -0.39 is 41.0 Å². The maximum atomic E-state index is 14.8. The summed E-state index contributed by atoms with van der Waals surface area (Å²) >= 11 is 0. The number of morpholine rings is 1. The van der Waals surface area contributed by atoms with Crippen LogP contribution in [0, 0.1) is 12.7 Å². The number of nitrogens with zero attached hydrogens (tertiary/aromatic N) is 3. The SMILES string of the molecule is Cc1nc2cc(C(F)(F)F)c([C@@H](C)Oc3ncc(C(=O)N4C[C@@H](C)O[C@@H](C)C4)cc3F)cc2c(=O)[nH]1. The Morgan fingerprint density at radius 1 is 1.22 bits per heavy atom. The van der Waals surface area contributed by atoms with Crippen molar-refractivity contribution in [3.05, 3.63) is 63.1 Å². The van der Waals surface area contributed by atoms with Crippen LogP contribution >= 0.6 is 0 Å². The molecule has 0 saturated carbocycles. The molecule has 1 amide bonds. The van der Waals surface area contributed by atoms with E-state index in [1.807, 2.05) is 13.8 Å². The average molecular weight is 508 g/mol. The number of fused-ring (bicyclic) bond motifs is 1. The summed E-state index contributed by atoms with van der Waals surface area (Å²) in [6.45, 7) is 7.03. The van der Waals surface area contributed by atoms with Gasteiger partial charge in [-0.05, 0) is 45.9 Å². The molecule has 0 bridgehead atoms. The number of aryl methyl sites for hydroxylation is 1. The number of hydrogen-bond acceptors (Lipinski definition) is 6. The van der Waals surface area contributed by atoms with Crippen LogP contribution in [-0.2, 0) is 10.9 Å². The van der Waals surface area contributed by atoms with E-state index in [9.17, 15) is 27.2 Å². The van der Waals surface area contributed by atoms with Crippen molar-refractivity contribution < 1.29 is 31.8 Å². The van der Waals surface area contributed by atoms with Gasteiger partial charge in [-0.1, -0.05) is 0 Å². The quantitative estimate of drug-likeness (QED) is 0.532. The first kappa shape index (κ1) is 25.5. The molecule has 0 unspecified atom stereocenters. The minimum atomic E-state index is -4.78. The highest BCUT2D eigenvalue weighted by Gasteiger charge is 2.36. The lowest BCUT2D eigenvalue weighted by atomic mass is 10.00. The third kappa shape index (κ3) is 5.18. The number of carbonyl (C=O) groups is 1. The summed E-state index contributed by atoms with van der Waals surface area (Å²) in [5.74, 6) is -1.86. The summed E-state index contributed by atoms with van der Waals surface area (Å²) in [6, 6.07) is 2.73. The summed E-state index contributed by atoms with van der Waals surface area (Å²) in [5, 5.41) is -0.0672. The Bertz CT molecular complexity index is 1360. The molecule has 8 nitrogen and oxygen atoms in total. The maximum absolute atomic E-state index is 14.8. The largest absolute Gasteiger partial charge is 0.468 e. The van der Waals surface area contributed by atoms with E-state index in [0.29, 0.717) is 13.1 Å². The number of halogens is 4. The molecule has 1 N–H and O–H groups in total. The molecule has 0 aliphatic carbocycles. The van der Waals surface area contributed by atoms with Gasteiger partial charge in [0.15, 0.2) is 5.82 Å². The molecule has 1 aliphatic heterocycles. The molecule has 0 radical (unpaired) electrons. The summed E-state index contributed by atoms with van der Waals surface area (Å²) in [4.78, 5) is 36.9. The van der Waals surface area contributed by atoms with Crippen LogP contribution in [0.25, 0.3) is 10.9 Å². The highest BCUT2D eigenvalue weighted by molar-refractivity contribution is 5.94. The lowest BCUT2D eigenvalue weighted by Gasteiger charge is -2.35. The standard InChI is InChI=1S/C24H24F4N4O4/c1-11-9-32(10-12(2)35-11)23(34)15-5-19(25)22(29-8-15)36-13(3)16-6-17-20(7-18(16)24(26,27)28)30-14(4)31-21(17)33/h5-8,11-13H,9-10H2,1-4H3,(H,30,31,33)/t11-,12+,13-/m1/s1. The third-order valence-electron chi connectivity index (χ3n) is 5.79. The van der Waals surface area contributed by atoms with Crippen molar-refractivity contribution in [2.24, 2.45) is 0 Å². The van der Waals surface area contributed by atoms with Crippen LogP contribution in [0.4, 0.5) is 17.6 Å². The van der Waals surface area contributed by atoms with Gasteiger partial charge in [-0.2, -0.15) is 13.2 Å². The van der Waals surface area contributed by atoms with Crippen molar-refractivity contribution in [1.82, 2.24) is 19.9 Å². The second kappa shape index (κ2) is 9.49. The van der Waals surface area contributed by atoms with Crippen LogP contribution in [-0.4, -0.2) is 51.1 Å². The molecule has 1 aliphatic rings. The van der Waals surface area contributed by atoms with Gasteiger partial charge in [0.2, 0.25) is 0 Å². The van der Waals surface area contributed by atoms with Crippen LogP contribution in [0.15, 0.2) is 29.2 Å². The minimum Gasteiger partial charge on any atom is -0.468 e. The number of H-pyrrole nitrogens is 1. The number of amides is 1. The lowest BCUT2D eigenvalue weighted by molar-refractivity contribution is -0.138. The van der Waals surface area contributed by atoms with E-state index in [-0.39, 0.29) is 40.1 Å². The number of ether oxygens (including phenoxy) is 2. The number of pyridine rings is 1. The number of rotatable bonds is 4. The molecule has 2 aromatic heterocycles. The Kier molecular flexibility index (Phi) is 6.74. The van der Waals surface area contributed by atoms with Crippen molar-refractivity contribution in [2.45, 2.75) is 52.2 Å². The van der Waals surface area contributed by atoms with Crippen molar-refractivity contribution in [3.63, 3.8) is 0 Å². The summed E-state index contributed by atoms with van der Waals surface area (Å²) in [7, 11) is 0. The zero-order chi connectivity index (χ0) is 26.4. The number of hydrogen-bond donors (Lipinski definition) is 1. The van der Waals surface area contributed by atoms with Crippen LogP contribution in [0.5, 0.6) is 5.88 Å². The van der Waals surface area contributed by atoms with Gasteiger partial charge < -0.3 is 19.4 Å². The molecule has 12 heteroatoms. The monoisotopic (exact) mass is 508 g/mol. The molecule has 3 atom stereocenters. The van der Waals surface area contributed by atoms with Gasteiger partial charge >= 0.3 is 6.18 Å². The van der Waals surface area contributed by atoms with Gasteiger partial charge in [0.25, 0.3) is 17.3 Å². The number of carbonyl (C=O) groups excluding carboxylic acids is 1. The molecule has 192 valence electrons. The Balaban J connectivity index is 1.63. The number of alkyl halides is 3. The molecular formula is C24H24F4N4O4. The second-order valence-corrected chi connectivity index (χ2v) is 8.84. The first-order chi connectivity index (χ1) is 16.8. The number of nitrogens with one attached hydrogen (secondary N) is 1. The average Bonchev–Trinajstić information content (AvgIpc) is 2.77. The first-order valence-electron chi connectivity index (χ1n) is 11.2. The smallest absolute Gasteiger partial charge is 0.416 e. The number of aromatic nitrogens is 3. The summed E-state index contributed by atoms with van der Waals surface area (Å²) in [5.41, 5.74) is -2.22. The fourth-order valence-electron chi connectivity index (χ4n) is 4.29. The predicted molar refractivity (Wildman–Crippen MR) is 121 cm³/mol. The van der Waals surface area contributed by atoms with Crippen molar-refractivity contribution in [3.8, 4) is 5.88 Å². The molecule has 36 heavy (non-hydrogen) atoms. The highest BCUT2D eigenvalue weighted by Crippen LogP contribution is 2.37. The summed E-state index contributed by atoms with van der Waals surface area (Å²) < 4.78 is 67.3. The van der Waals surface area contributed by atoms with Crippen LogP contribution in [0.2, 0.25) is 0 Å². The van der Waals surface area contributed by atoms with Gasteiger partial charge in [-0.25, -0.2) is 14.4 Å². The Morgan fingerprint density at radius 2 is 1.89 bits per heavy atom. The zero-order valence-electron chi connectivity index (χ0n) is 19.9. The van der Waals surface area contributed by atoms with E-state index in [2.05, 4.69) is 15.0 Å². The van der Waals surface area contributed by atoms with Crippen LogP contribution < -0.4 is 10.3 Å². The van der Waals surface area contributed by atoms with E-state index in [4.69, 9.17) is 9.47 Å². The van der Waals surface area contributed by atoms with Gasteiger partial charge in [0.05, 0.1) is 34.2 Å². The van der Waals surface area contributed by atoms with E-state index in [0.717, 1.165) is 24.4 Å². The zero-order valence-corrected chi connectivity index (χ0v) is 19.9. The Labute approximate surface area is 203 Å². The molecular weight excluding hydrogens is 484 g/mol. The fourth-order valence-corrected chi connectivity index (χ4v) is 4.29. The van der Waals surface area contributed by atoms with E-state index in [1.54, 1.807) is 0 Å². The topological polar surface area (TPSA) is 97.4 Å². The van der Waals surface area contributed by atoms with Gasteiger partial charge in [-0.3, -0.25) is 9.59 Å². The third-order valence-corrected chi connectivity index (χ3v) is 5.79. The maximum Gasteiger partial charge on any atom is 0.416 e. The first-order valence-corrected chi connectivity index (χ1v) is 11.2. The minimum absolute atomic E-state index is 0.0246. The highest BCUT2D eigenvalue weighted by atomic mass is 19.4. The molecule has 1 saturated heterocycles. The molecule has 4 rings (SSSR count). The lowest BCUT2D eigenvalue weighted by Crippen LogP contribution is -2.48. The normalized spacial score (nSPS) is 19.4. The predicted octanol–water partition coefficient (Wildman–Crippen LogP) is 4.17. The number of benzene rings is 1. The Hall–Kier alpha value is -3.54. The van der Waals surface area contributed by atoms with Crippen molar-refractivity contribution in [2.75, 3.05) is 13.1 Å². The Morgan fingerprint density at radius 3 is 2.50 bits per heavy atom. The second-order valence-electron chi connectivity index (χ2n) is 8.84. The van der Waals surface area contributed by atoms with Crippen molar-refractivity contribution >= 4 is 16.8 Å². The van der Waals surface area contributed by atoms with Crippen LogP contribution in [0.3, 0.4) is 0 Å². The van der Waals surface area contributed by atoms with Gasteiger partial charge in [0, 0.05) is 24.8 Å². The molecule has 1 fully saturated rings. The van der Waals surface area contributed by atoms with E-state index >= 15 is 0 Å².